The maximum atomic E-state index is 11.6. The maximum Gasteiger partial charge on any atom is 0.259 e. The Morgan fingerprint density at radius 3 is 2.89 bits per heavy atom. The van der Waals surface area contributed by atoms with Gasteiger partial charge in [0.15, 0.2) is 0 Å². The summed E-state index contributed by atoms with van der Waals surface area (Å²) >= 11 is 6.01. The van der Waals surface area contributed by atoms with Gasteiger partial charge in [0.05, 0.1) is 6.54 Å². The SMILES string of the molecule is C/C(=N\NC(=O)CNc1cccc(Cl)c1C)C1CC1. The van der Waals surface area contributed by atoms with Crippen LogP contribution in [0.4, 0.5) is 5.69 Å². The molecule has 2 N–H and O–H groups in total. The molecule has 0 spiro atoms. The van der Waals surface area contributed by atoms with Gasteiger partial charge in [0.2, 0.25) is 0 Å². The number of hydrazone groups is 1. The van der Waals surface area contributed by atoms with Crippen molar-refractivity contribution in [3.8, 4) is 0 Å². The van der Waals surface area contributed by atoms with E-state index in [4.69, 9.17) is 11.6 Å². The third-order valence-electron chi connectivity index (χ3n) is 3.23. The number of hydrogen-bond acceptors (Lipinski definition) is 3. The third kappa shape index (κ3) is 3.96. The third-order valence-corrected chi connectivity index (χ3v) is 3.64. The molecule has 1 aromatic rings. The van der Waals surface area contributed by atoms with Crippen molar-refractivity contribution in [2.24, 2.45) is 11.0 Å². The Morgan fingerprint density at radius 2 is 2.21 bits per heavy atom. The van der Waals surface area contributed by atoms with E-state index in [-0.39, 0.29) is 12.5 Å². The first-order valence-electron chi connectivity index (χ1n) is 6.40. The zero-order valence-electron chi connectivity index (χ0n) is 11.2. The summed E-state index contributed by atoms with van der Waals surface area (Å²) in [5, 5.41) is 7.83. The minimum absolute atomic E-state index is 0.153. The van der Waals surface area contributed by atoms with E-state index >= 15 is 0 Å². The predicted octanol–water partition coefficient (Wildman–Crippen LogP) is 2.96. The lowest BCUT2D eigenvalue weighted by atomic mass is 10.2. The van der Waals surface area contributed by atoms with Crippen molar-refractivity contribution in [2.75, 3.05) is 11.9 Å². The van der Waals surface area contributed by atoms with Crippen molar-refractivity contribution in [1.82, 2.24) is 5.43 Å². The summed E-state index contributed by atoms with van der Waals surface area (Å²) in [6, 6.07) is 5.57. The van der Waals surface area contributed by atoms with Crippen LogP contribution in [0.2, 0.25) is 5.02 Å². The number of carbonyl (C=O) groups is 1. The predicted molar refractivity (Wildman–Crippen MR) is 78.7 cm³/mol. The van der Waals surface area contributed by atoms with Gasteiger partial charge in [0.1, 0.15) is 0 Å². The van der Waals surface area contributed by atoms with Crippen LogP contribution in [-0.2, 0) is 4.79 Å². The van der Waals surface area contributed by atoms with E-state index in [0.29, 0.717) is 10.9 Å². The molecular weight excluding hydrogens is 262 g/mol. The molecule has 0 aromatic heterocycles. The number of amides is 1. The van der Waals surface area contributed by atoms with Gasteiger partial charge < -0.3 is 5.32 Å². The summed E-state index contributed by atoms with van der Waals surface area (Å²) in [5.74, 6) is 0.419. The van der Waals surface area contributed by atoms with Crippen LogP contribution in [0.25, 0.3) is 0 Å². The van der Waals surface area contributed by atoms with Crippen LogP contribution in [0.1, 0.15) is 25.3 Å². The van der Waals surface area contributed by atoms with Crippen LogP contribution in [0.5, 0.6) is 0 Å². The van der Waals surface area contributed by atoms with Gasteiger partial charge in [-0.2, -0.15) is 5.10 Å². The smallest absolute Gasteiger partial charge is 0.259 e. The highest BCUT2D eigenvalue weighted by molar-refractivity contribution is 6.31. The van der Waals surface area contributed by atoms with Gasteiger partial charge in [-0.15, -0.1) is 0 Å². The molecule has 2 rings (SSSR count). The molecule has 0 aliphatic heterocycles. The van der Waals surface area contributed by atoms with Crippen molar-refractivity contribution >= 4 is 28.9 Å². The molecular formula is C14H18ClN3O. The van der Waals surface area contributed by atoms with Crippen molar-refractivity contribution in [3.05, 3.63) is 28.8 Å². The highest BCUT2D eigenvalue weighted by Crippen LogP contribution is 2.30. The second-order valence-corrected chi connectivity index (χ2v) is 5.24. The molecule has 102 valence electrons. The fourth-order valence-corrected chi connectivity index (χ4v) is 1.93. The second kappa shape index (κ2) is 6.06. The summed E-state index contributed by atoms with van der Waals surface area (Å²) in [6.07, 6.45) is 2.37. The fraction of sp³-hybridized carbons (Fsp3) is 0.429. The molecule has 1 aromatic carbocycles. The Kier molecular flexibility index (Phi) is 4.43. The van der Waals surface area contributed by atoms with E-state index in [9.17, 15) is 4.79 Å². The first-order valence-corrected chi connectivity index (χ1v) is 6.77. The van der Waals surface area contributed by atoms with E-state index in [1.807, 2.05) is 32.0 Å². The van der Waals surface area contributed by atoms with Crippen molar-refractivity contribution in [1.29, 1.82) is 0 Å². The lowest BCUT2D eigenvalue weighted by Crippen LogP contribution is -2.27. The standard InChI is InChI=1S/C14H18ClN3O/c1-9-12(15)4-3-5-13(9)16-8-14(19)18-17-10(2)11-6-7-11/h3-5,11,16H,6-8H2,1-2H3,(H,18,19)/b17-10+. The van der Waals surface area contributed by atoms with Gasteiger partial charge in [-0.05, 0) is 50.3 Å². The number of carbonyl (C=O) groups excluding carboxylic acids is 1. The Bertz CT molecular complexity index is 509. The molecule has 1 saturated carbocycles. The molecule has 5 heteroatoms. The van der Waals surface area contributed by atoms with E-state index in [1.165, 1.54) is 12.8 Å². The second-order valence-electron chi connectivity index (χ2n) is 4.83. The average molecular weight is 280 g/mol. The maximum absolute atomic E-state index is 11.6. The zero-order chi connectivity index (χ0) is 13.8. The first kappa shape index (κ1) is 13.9. The molecule has 0 heterocycles. The molecule has 1 fully saturated rings. The highest BCUT2D eigenvalue weighted by atomic mass is 35.5. The van der Waals surface area contributed by atoms with E-state index in [0.717, 1.165) is 17.0 Å². The topological polar surface area (TPSA) is 53.5 Å². The molecule has 0 saturated heterocycles. The number of halogens is 1. The zero-order valence-corrected chi connectivity index (χ0v) is 11.9. The molecule has 0 bridgehead atoms. The van der Waals surface area contributed by atoms with Gasteiger partial charge in [-0.25, -0.2) is 5.43 Å². The summed E-state index contributed by atoms with van der Waals surface area (Å²) in [4.78, 5) is 11.6. The Hall–Kier alpha value is -1.55. The average Bonchev–Trinajstić information content (AvgIpc) is 3.22. The number of nitrogens with zero attached hydrogens (tertiary/aromatic N) is 1. The number of hydrogen-bond donors (Lipinski definition) is 2. The van der Waals surface area contributed by atoms with E-state index in [1.54, 1.807) is 0 Å². The Balaban J connectivity index is 1.83. The molecule has 19 heavy (non-hydrogen) atoms. The van der Waals surface area contributed by atoms with Gasteiger partial charge in [-0.1, -0.05) is 17.7 Å². The molecule has 0 atom stereocenters. The summed E-state index contributed by atoms with van der Waals surface area (Å²) in [6.45, 7) is 4.05. The molecule has 0 unspecified atom stereocenters. The van der Waals surface area contributed by atoms with E-state index < -0.39 is 0 Å². The largest absolute Gasteiger partial charge is 0.376 e. The van der Waals surface area contributed by atoms with Gasteiger partial charge in [-0.3, -0.25) is 4.79 Å². The first-order chi connectivity index (χ1) is 9.08. The van der Waals surface area contributed by atoms with Crippen LogP contribution in [0.3, 0.4) is 0 Å². The van der Waals surface area contributed by atoms with Crippen molar-refractivity contribution in [2.45, 2.75) is 26.7 Å². The minimum Gasteiger partial charge on any atom is -0.376 e. The van der Waals surface area contributed by atoms with Crippen LogP contribution in [-0.4, -0.2) is 18.2 Å². The molecule has 0 radical (unpaired) electrons. The quantitative estimate of drug-likeness (QED) is 0.643. The van der Waals surface area contributed by atoms with Gasteiger partial charge in [0, 0.05) is 16.4 Å². The van der Waals surface area contributed by atoms with Crippen LogP contribution < -0.4 is 10.7 Å². The summed E-state index contributed by atoms with van der Waals surface area (Å²) in [5.41, 5.74) is 5.37. The minimum atomic E-state index is -0.153. The molecule has 1 aliphatic rings. The van der Waals surface area contributed by atoms with Crippen molar-refractivity contribution in [3.63, 3.8) is 0 Å². The van der Waals surface area contributed by atoms with E-state index in [2.05, 4.69) is 15.8 Å². The summed E-state index contributed by atoms with van der Waals surface area (Å²) < 4.78 is 0. The number of anilines is 1. The van der Waals surface area contributed by atoms with Crippen molar-refractivity contribution < 1.29 is 4.79 Å². The number of rotatable bonds is 5. The molecule has 1 aliphatic carbocycles. The lowest BCUT2D eigenvalue weighted by Gasteiger charge is -2.09. The normalized spacial score (nSPS) is 15.2. The van der Waals surface area contributed by atoms with Crippen LogP contribution in [0, 0.1) is 12.8 Å². The van der Waals surface area contributed by atoms with Crippen LogP contribution in [0.15, 0.2) is 23.3 Å². The van der Waals surface area contributed by atoms with Gasteiger partial charge in [0.25, 0.3) is 5.91 Å². The van der Waals surface area contributed by atoms with Crippen LogP contribution >= 0.6 is 11.6 Å². The Morgan fingerprint density at radius 1 is 1.47 bits per heavy atom. The molecule has 1 amide bonds. The summed E-state index contributed by atoms with van der Waals surface area (Å²) in [7, 11) is 0. The fourth-order valence-electron chi connectivity index (χ4n) is 1.76. The lowest BCUT2D eigenvalue weighted by molar-refractivity contribution is -0.119. The Labute approximate surface area is 118 Å². The van der Waals surface area contributed by atoms with Gasteiger partial charge >= 0.3 is 0 Å². The number of nitrogens with one attached hydrogen (secondary N) is 2. The molecule has 4 nitrogen and oxygen atoms in total. The monoisotopic (exact) mass is 279 g/mol. The number of benzene rings is 1. The highest BCUT2D eigenvalue weighted by Gasteiger charge is 2.24.